The standard InChI is InChI=1S/C26H26N4/c1-2-25-23-8-7-21(18-26(23)30(29-25)22-5-3-4-6-22)24(20-11-15-28-16-12-20)17-19-9-13-27-14-10-19/h7-18,22H,2-6H2,1H3. The van der Waals surface area contributed by atoms with E-state index >= 15 is 0 Å². The molecule has 0 unspecified atom stereocenters. The number of hydrogen-bond donors (Lipinski definition) is 0. The van der Waals surface area contributed by atoms with Gasteiger partial charge in [-0.15, -0.1) is 0 Å². The van der Waals surface area contributed by atoms with E-state index in [1.165, 1.54) is 53.4 Å². The predicted molar refractivity (Wildman–Crippen MR) is 122 cm³/mol. The number of hydrogen-bond acceptors (Lipinski definition) is 3. The number of aromatic nitrogens is 4. The smallest absolute Gasteiger partial charge is 0.0700 e. The second-order valence-corrected chi connectivity index (χ2v) is 7.99. The van der Waals surface area contributed by atoms with Crippen LogP contribution in [0.5, 0.6) is 0 Å². The number of pyridine rings is 2. The molecule has 0 radical (unpaired) electrons. The highest BCUT2D eigenvalue weighted by Crippen LogP contribution is 2.35. The molecule has 3 aromatic heterocycles. The van der Waals surface area contributed by atoms with Crippen molar-refractivity contribution in [1.29, 1.82) is 0 Å². The van der Waals surface area contributed by atoms with Gasteiger partial charge in [-0.3, -0.25) is 14.6 Å². The summed E-state index contributed by atoms with van der Waals surface area (Å²) in [5.74, 6) is 0. The minimum atomic E-state index is 0.525. The molecule has 0 atom stereocenters. The summed E-state index contributed by atoms with van der Waals surface area (Å²) >= 11 is 0. The summed E-state index contributed by atoms with van der Waals surface area (Å²) in [6, 6.07) is 15.6. The second-order valence-electron chi connectivity index (χ2n) is 7.99. The molecule has 150 valence electrons. The third kappa shape index (κ3) is 3.54. The first kappa shape index (κ1) is 18.7. The highest BCUT2D eigenvalue weighted by molar-refractivity contribution is 5.95. The Balaban J connectivity index is 1.68. The minimum absolute atomic E-state index is 0.525. The molecule has 0 amide bonds. The van der Waals surface area contributed by atoms with Gasteiger partial charge in [-0.2, -0.15) is 5.10 Å². The number of nitrogens with zero attached hydrogens (tertiary/aromatic N) is 4. The van der Waals surface area contributed by atoms with E-state index in [4.69, 9.17) is 5.10 Å². The third-order valence-corrected chi connectivity index (χ3v) is 6.11. The van der Waals surface area contributed by atoms with Crippen LogP contribution in [0, 0.1) is 0 Å². The monoisotopic (exact) mass is 394 g/mol. The van der Waals surface area contributed by atoms with Crippen molar-refractivity contribution in [2.45, 2.75) is 45.1 Å². The molecule has 0 bridgehead atoms. The first-order chi connectivity index (χ1) is 14.8. The van der Waals surface area contributed by atoms with E-state index in [1.807, 2.05) is 36.9 Å². The summed E-state index contributed by atoms with van der Waals surface area (Å²) < 4.78 is 2.31. The lowest BCUT2D eigenvalue weighted by Gasteiger charge is -2.13. The van der Waals surface area contributed by atoms with Crippen LogP contribution < -0.4 is 0 Å². The van der Waals surface area contributed by atoms with E-state index in [9.17, 15) is 0 Å². The van der Waals surface area contributed by atoms with Gasteiger partial charge in [-0.05, 0) is 77.9 Å². The van der Waals surface area contributed by atoms with E-state index in [1.54, 1.807) is 0 Å². The van der Waals surface area contributed by atoms with Gasteiger partial charge < -0.3 is 0 Å². The minimum Gasteiger partial charge on any atom is -0.265 e. The normalized spacial score (nSPS) is 15.2. The molecule has 0 saturated heterocycles. The number of rotatable bonds is 5. The fourth-order valence-electron chi connectivity index (χ4n) is 4.55. The molecule has 4 heteroatoms. The Morgan fingerprint density at radius 3 is 2.33 bits per heavy atom. The van der Waals surface area contributed by atoms with Gasteiger partial charge in [0.05, 0.1) is 17.3 Å². The van der Waals surface area contributed by atoms with E-state index in [0.717, 1.165) is 17.5 Å². The first-order valence-corrected chi connectivity index (χ1v) is 10.9. The van der Waals surface area contributed by atoms with Crippen LogP contribution in [-0.4, -0.2) is 19.7 Å². The third-order valence-electron chi connectivity index (χ3n) is 6.11. The maximum absolute atomic E-state index is 5.03. The second kappa shape index (κ2) is 8.23. The Hall–Kier alpha value is -3.27. The summed E-state index contributed by atoms with van der Waals surface area (Å²) in [5, 5.41) is 6.31. The summed E-state index contributed by atoms with van der Waals surface area (Å²) in [4.78, 5) is 8.36. The average molecular weight is 395 g/mol. The SMILES string of the molecule is CCc1nn(C2CCCC2)c2cc(C(=Cc3ccncc3)c3ccncc3)ccc12. The highest BCUT2D eigenvalue weighted by atomic mass is 15.3. The van der Waals surface area contributed by atoms with Crippen LogP contribution in [0.1, 0.15) is 61.0 Å². The molecular weight excluding hydrogens is 368 g/mol. The zero-order valence-corrected chi connectivity index (χ0v) is 17.3. The zero-order valence-electron chi connectivity index (χ0n) is 17.3. The first-order valence-electron chi connectivity index (χ1n) is 10.9. The molecule has 3 heterocycles. The van der Waals surface area contributed by atoms with E-state index < -0.39 is 0 Å². The van der Waals surface area contributed by atoms with E-state index in [0.29, 0.717) is 6.04 Å². The van der Waals surface area contributed by atoms with Crippen molar-refractivity contribution < 1.29 is 0 Å². The van der Waals surface area contributed by atoms with Gasteiger partial charge in [0.1, 0.15) is 0 Å². The molecule has 0 N–H and O–H groups in total. The van der Waals surface area contributed by atoms with Crippen molar-refractivity contribution in [2.75, 3.05) is 0 Å². The largest absolute Gasteiger partial charge is 0.265 e. The van der Waals surface area contributed by atoms with Crippen molar-refractivity contribution in [1.82, 2.24) is 19.7 Å². The Labute approximate surface area is 177 Å². The molecule has 4 nitrogen and oxygen atoms in total. The summed E-state index contributed by atoms with van der Waals surface area (Å²) in [6.45, 7) is 2.19. The summed E-state index contributed by atoms with van der Waals surface area (Å²) in [7, 11) is 0. The Kier molecular flexibility index (Phi) is 5.14. The Bertz CT molecular complexity index is 1170. The molecule has 1 fully saturated rings. The van der Waals surface area contributed by atoms with Gasteiger partial charge in [-0.1, -0.05) is 31.9 Å². The van der Waals surface area contributed by atoms with Crippen LogP contribution in [0.25, 0.3) is 22.6 Å². The van der Waals surface area contributed by atoms with Crippen LogP contribution in [0.3, 0.4) is 0 Å². The number of benzene rings is 1. The Morgan fingerprint density at radius 1 is 0.933 bits per heavy atom. The molecule has 1 aromatic carbocycles. The number of aryl methyl sites for hydroxylation is 1. The molecule has 5 rings (SSSR count). The molecular formula is C26H26N4. The summed E-state index contributed by atoms with van der Waals surface area (Å²) in [5.41, 5.74) is 7.13. The molecule has 0 aliphatic heterocycles. The lowest BCUT2D eigenvalue weighted by atomic mass is 9.95. The fraction of sp³-hybridized carbons (Fsp3) is 0.269. The maximum Gasteiger partial charge on any atom is 0.0700 e. The van der Waals surface area contributed by atoms with Gasteiger partial charge >= 0.3 is 0 Å². The van der Waals surface area contributed by atoms with Gasteiger partial charge in [0, 0.05) is 30.2 Å². The van der Waals surface area contributed by atoms with Crippen LogP contribution in [0.15, 0.2) is 67.3 Å². The van der Waals surface area contributed by atoms with Crippen molar-refractivity contribution in [3.8, 4) is 0 Å². The molecule has 0 spiro atoms. The van der Waals surface area contributed by atoms with Gasteiger partial charge in [0.2, 0.25) is 0 Å². The molecule has 1 aliphatic carbocycles. The summed E-state index contributed by atoms with van der Waals surface area (Å²) in [6.07, 6.45) is 15.6. The van der Waals surface area contributed by atoms with Crippen LogP contribution in [0.2, 0.25) is 0 Å². The molecule has 1 saturated carbocycles. The van der Waals surface area contributed by atoms with Gasteiger partial charge in [0.25, 0.3) is 0 Å². The van der Waals surface area contributed by atoms with E-state index in [-0.39, 0.29) is 0 Å². The van der Waals surface area contributed by atoms with E-state index in [2.05, 4.69) is 58.0 Å². The maximum atomic E-state index is 5.03. The van der Waals surface area contributed by atoms with Crippen LogP contribution >= 0.6 is 0 Å². The van der Waals surface area contributed by atoms with Crippen molar-refractivity contribution >= 4 is 22.6 Å². The number of fused-ring (bicyclic) bond motifs is 1. The van der Waals surface area contributed by atoms with Crippen molar-refractivity contribution in [2.24, 2.45) is 0 Å². The van der Waals surface area contributed by atoms with Gasteiger partial charge in [-0.25, -0.2) is 0 Å². The average Bonchev–Trinajstić information content (AvgIpc) is 3.46. The highest BCUT2D eigenvalue weighted by Gasteiger charge is 2.21. The topological polar surface area (TPSA) is 43.6 Å². The molecule has 1 aliphatic rings. The predicted octanol–water partition coefficient (Wildman–Crippen LogP) is 6.09. The molecule has 4 aromatic rings. The zero-order chi connectivity index (χ0) is 20.3. The lowest BCUT2D eigenvalue weighted by Crippen LogP contribution is -2.06. The van der Waals surface area contributed by atoms with Crippen molar-refractivity contribution in [3.63, 3.8) is 0 Å². The van der Waals surface area contributed by atoms with Crippen LogP contribution in [0.4, 0.5) is 0 Å². The fourth-order valence-corrected chi connectivity index (χ4v) is 4.55. The Morgan fingerprint density at radius 2 is 1.63 bits per heavy atom. The quantitative estimate of drug-likeness (QED) is 0.411. The lowest BCUT2D eigenvalue weighted by molar-refractivity contribution is 0.478. The van der Waals surface area contributed by atoms with Gasteiger partial charge in [0.15, 0.2) is 0 Å². The van der Waals surface area contributed by atoms with Crippen molar-refractivity contribution in [3.05, 3.63) is 89.6 Å². The molecule has 30 heavy (non-hydrogen) atoms. The van der Waals surface area contributed by atoms with Crippen LogP contribution in [-0.2, 0) is 6.42 Å².